The van der Waals surface area contributed by atoms with Crippen LogP contribution in [0.25, 0.3) is 5.57 Å². The predicted molar refractivity (Wildman–Crippen MR) is 148 cm³/mol. The molecule has 0 saturated heterocycles. The highest BCUT2D eigenvalue weighted by atomic mass is 16.5. The highest BCUT2D eigenvalue weighted by Crippen LogP contribution is 2.33. The minimum absolute atomic E-state index is 0.123. The number of nitrogens with one attached hydrogen (secondary N) is 1. The van der Waals surface area contributed by atoms with E-state index in [1.807, 2.05) is 54.7 Å². The van der Waals surface area contributed by atoms with Gasteiger partial charge in [-0.15, -0.1) is 0 Å². The number of ether oxygens (including phenoxy) is 3. The Balaban J connectivity index is 1.29. The predicted octanol–water partition coefficient (Wildman–Crippen LogP) is 3.75. The fraction of sp³-hybridized carbons (Fsp3) is 0.258. The van der Waals surface area contributed by atoms with Crippen LogP contribution in [0.2, 0.25) is 0 Å². The molecular formula is C31H30N3O6. The summed E-state index contributed by atoms with van der Waals surface area (Å²) in [6, 6.07) is 20.0. The van der Waals surface area contributed by atoms with Crippen LogP contribution in [0.4, 0.5) is 5.69 Å². The molecule has 1 radical (unpaired) electrons. The monoisotopic (exact) mass is 540 g/mol. The zero-order chi connectivity index (χ0) is 28.1. The maximum atomic E-state index is 13.1. The first-order chi connectivity index (χ1) is 19.4. The van der Waals surface area contributed by atoms with Gasteiger partial charge in [0.1, 0.15) is 17.2 Å². The van der Waals surface area contributed by atoms with Gasteiger partial charge in [-0.05, 0) is 42.3 Å². The van der Waals surface area contributed by atoms with Crippen molar-refractivity contribution in [2.45, 2.75) is 32.4 Å². The van der Waals surface area contributed by atoms with Crippen molar-refractivity contribution in [2.75, 3.05) is 20.3 Å². The Morgan fingerprint density at radius 1 is 1.10 bits per heavy atom. The summed E-state index contributed by atoms with van der Waals surface area (Å²) in [6.45, 7) is 1.89. The van der Waals surface area contributed by atoms with Crippen LogP contribution in [0.1, 0.15) is 30.0 Å². The topological polar surface area (TPSA) is 108 Å². The Bertz CT molecular complexity index is 1470. The van der Waals surface area contributed by atoms with Gasteiger partial charge in [-0.25, -0.2) is 0 Å². The molecule has 3 aromatic carbocycles. The molecule has 0 aliphatic carbocycles. The lowest BCUT2D eigenvalue weighted by atomic mass is 9.99. The van der Waals surface area contributed by atoms with Crippen LogP contribution < -0.4 is 24.8 Å². The van der Waals surface area contributed by atoms with Crippen molar-refractivity contribution in [3.05, 3.63) is 89.6 Å². The first kappa shape index (κ1) is 26.8. The van der Waals surface area contributed by atoms with Crippen molar-refractivity contribution in [3.63, 3.8) is 0 Å². The van der Waals surface area contributed by atoms with E-state index in [0.717, 1.165) is 28.0 Å². The van der Waals surface area contributed by atoms with Crippen LogP contribution in [0, 0.1) is 0 Å². The summed E-state index contributed by atoms with van der Waals surface area (Å²) >= 11 is 0. The van der Waals surface area contributed by atoms with Gasteiger partial charge in [0, 0.05) is 42.9 Å². The number of hydrogen-bond donors (Lipinski definition) is 1. The minimum Gasteiger partial charge on any atom is -0.496 e. The van der Waals surface area contributed by atoms with Gasteiger partial charge in [0.2, 0.25) is 5.91 Å². The Kier molecular flexibility index (Phi) is 8.00. The van der Waals surface area contributed by atoms with E-state index in [-0.39, 0.29) is 37.4 Å². The molecule has 0 spiro atoms. The van der Waals surface area contributed by atoms with E-state index in [0.29, 0.717) is 30.2 Å². The Morgan fingerprint density at radius 2 is 1.90 bits per heavy atom. The molecule has 1 N–H and O–H groups in total. The lowest BCUT2D eigenvalue weighted by molar-refractivity contribution is -0.132. The van der Waals surface area contributed by atoms with Gasteiger partial charge >= 0.3 is 5.97 Å². The summed E-state index contributed by atoms with van der Waals surface area (Å²) in [7, 11) is 1.60. The second kappa shape index (κ2) is 11.9. The van der Waals surface area contributed by atoms with Crippen molar-refractivity contribution in [1.29, 1.82) is 0 Å². The Labute approximate surface area is 232 Å². The maximum absolute atomic E-state index is 13.1. The molecule has 205 valence electrons. The van der Waals surface area contributed by atoms with Gasteiger partial charge in [0.15, 0.2) is 6.61 Å². The van der Waals surface area contributed by atoms with Crippen LogP contribution in [0.5, 0.6) is 17.2 Å². The van der Waals surface area contributed by atoms with Crippen LogP contribution >= 0.6 is 0 Å². The highest BCUT2D eigenvalue weighted by molar-refractivity contribution is 5.82. The van der Waals surface area contributed by atoms with Crippen LogP contribution in [0.15, 0.2) is 72.9 Å². The molecule has 2 amide bonds. The lowest BCUT2D eigenvalue weighted by Gasteiger charge is -2.28. The fourth-order valence-corrected chi connectivity index (χ4v) is 4.89. The number of nitrogens with zero attached hydrogens (tertiary/aromatic N) is 2. The number of amides is 2. The SMILES string of the molecule is COc1ccccc1CN(CC(CC1=C[N]c2ccccc21)NC(=O)COc1ccc2c(c1)CC(=O)O2)C(C)=O. The number of esters is 1. The summed E-state index contributed by atoms with van der Waals surface area (Å²) in [6.07, 6.45) is 2.46. The molecule has 40 heavy (non-hydrogen) atoms. The normalized spacial score (nSPS) is 13.8. The molecule has 2 aliphatic rings. The molecule has 2 aliphatic heterocycles. The summed E-state index contributed by atoms with van der Waals surface area (Å²) in [5.41, 5.74) is 4.46. The average Bonchev–Trinajstić information content (AvgIpc) is 3.53. The Hall–Kier alpha value is -4.79. The second-order valence-electron chi connectivity index (χ2n) is 9.69. The molecule has 0 fully saturated rings. The van der Waals surface area contributed by atoms with E-state index in [4.69, 9.17) is 14.2 Å². The van der Waals surface area contributed by atoms with E-state index in [2.05, 4.69) is 10.6 Å². The van der Waals surface area contributed by atoms with Crippen molar-refractivity contribution in [1.82, 2.24) is 15.5 Å². The van der Waals surface area contributed by atoms with Gasteiger partial charge in [0.05, 0.1) is 25.3 Å². The molecule has 1 atom stereocenters. The third-order valence-electron chi connectivity index (χ3n) is 6.84. The summed E-state index contributed by atoms with van der Waals surface area (Å²) in [5.74, 6) is 0.901. The number of carbonyl (C=O) groups excluding carboxylic acids is 3. The third-order valence-corrected chi connectivity index (χ3v) is 6.84. The third kappa shape index (κ3) is 6.26. The molecule has 9 heteroatoms. The zero-order valence-corrected chi connectivity index (χ0v) is 22.4. The van der Waals surface area contributed by atoms with Gasteiger partial charge < -0.3 is 24.4 Å². The molecule has 0 bridgehead atoms. The zero-order valence-electron chi connectivity index (χ0n) is 22.4. The highest BCUT2D eigenvalue weighted by Gasteiger charge is 2.25. The molecule has 0 saturated carbocycles. The van der Waals surface area contributed by atoms with E-state index < -0.39 is 6.04 Å². The Morgan fingerprint density at radius 3 is 2.73 bits per heavy atom. The van der Waals surface area contributed by atoms with Crippen LogP contribution in [0.3, 0.4) is 0 Å². The minimum atomic E-state index is -0.409. The van der Waals surface area contributed by atoms with Crippen molar-refractivity contribution < 1.29 is 28.6 Å². The number of carbonyl (C=O) groups is 3. The first-order valence-electron chi connectivity index (χ1n) is 13.0. The molecule has 1 unspecified atom stereocenters. The molecule has 0 aromatic heterocycles. The van der Waals surface area contributed by atoms with Crippen LogP contribution in [-0.2, 0) is 27.3 Å². The molecule has 2 heterocycles. The van der Waals surface area contributed by atoms with Crippen LogP contribution in [-0.4, -0.2) is 49.0 Å². The van der Waals surface area contributed by atoms with E-state index >= 15 is 0 Å². The van der Waals surface area contributed by atoms with Gasteiger partial charge in [0.25, 0.3) is 5.91 Å². The first-order valence-corrected chi connectivity index (χ1v) is 13.0. The number of para-hydroxylation sites is 2. The number of fused-ring (bicyclic) bond motifs is 2. The maximum Gasteiger partial charge on any atom is 0.315 e. The standard InChI is InChI=1S/C31H30N3O6/c1-20(35)34(17-21-7-3-6-10-28(21)38-2)18-24(13-23-16-32-27-9-5-4-8-26(23)27)33-30(36)19-39-25-11-12-29-22(14-25)15-31(37)40-29/h3-12,14,16,24H,13,15,17-19H2,1-2H3,(H,33,36). The summed E-state index contributed by atoms with van der Waals surface area (Å²) in [5, 5.41) is 7.55. The number of rotatable bonds is 11. The molecule has 5 rings (SSSR count). The molecular weight excluding hydrogens is 510 g/mol. The summed E-state index contributed by atoms with van der Waals surface area (Å²) in [4.78, 5) is 39.0. The van der Waals surface area contributed by atoms with Crippen molar-refractivity contribution in [2.24, 2.45) is 0 Å². The number of methoxy groups -OCH3 is 1. The summed E-state index contributed by atoms with van der Waals surface area (Å²) < 4.78 is 16.3. The van der Waals surface area contributed by atoms with E-state index in [1.165, 1.54) is 6.92 Å². The number of benzene rings is 3. The van der Waals surface area contributed by atoms with Crippen molar-refractivity contribution >= 4 is 29.0 Å². The fourth-order valence-electron chi connectivity index (χ4n) is 4.89. The van der Waals surface area contributed by atoms with Gasteiger partial charge in [-0.1, -0.05) is 36.4 Å². The second-order valence-corrected chi connectivity index (χ2v) is 9.69. The van der Waals surface area contributed by atoms with Gasteiger partial charge in [-0.2, -0.15) is 0 Å². The number of hydrogen-bond acceptors (Lipinski definition) is 6. The molecule has 3 aromatic rings. The van der Waals surface area contributed by atoms with E-state index in [9.17, 15) is 14.4 Å². The average molecular weight is 541 g/mol. The molecule has 9 nitrogen and oxygen atoms in total. The smallest absolute Gasteiger partial charge is 0.315 e. The lowest BCUT2D eigenvalue weighted by Crippen LogP contribution is -2.46. The quantitative estimate of drug-likeness (QED) is 0.293. The van der Waals surface area contributed by atoms with E-state index in [1.54, 1.807) is 30.2 Å². The van der Waals surface area contributed by atoms with Gasteiger partial charge in [-0.3, -0.25) is 19.7 Å². The largest absolute Gasteiger partial charge is 0.496 e. The van der Waals surface area contributed by atoms with Crippen molar-refractivity contribution in [3.8, 4) is 17.2 Å².